The minimum absolute atomic E-state index is 0.668. The van der Waals surface area contributed by atoms with Crippen molar-refractivity contribution in [3.05, 3.63) is 77.6 Å². The van der Waals surface area contributed by atoms with E-state index < -0.39 is 6.23 Å². The van der Waals surface area contributed by atoms with Crippen LogP contribution in [0.1, 0.15) is 62.6 Å². The van der Waals surface area contributed by atoms with E-state index in [9.17, 15) is 5.11 Å². The van der Waals surface area contributed by atoms with Crippen LogP contribution in [0.25, 0.3) is 22.2 Å². The van der Waals surface area contributed by atoms with Crippen LogP contribution in [0.5, 0.6) is 5.75 Å². The number of likely N-dealkylation sites (tertiary alicyclic amines) is 1. The Balaban J connectivity index is 0.000000251. The number of aliphatic hydroxyl groups is 1. The number of ether oxygens (including phenoxy) is 1. The van der Waals surface area contributed by atoms with Crippen molar-refractivity contribution in [1.29, 1.82) is 0 Å². The molecule has 1 aliphatic heterocycles. The highest BCUT2D eigenvalue weighted by atomic mass is 16.5. The molecule has 1 aliphatic rings. The molecule has 7 heteroatoms. The van der Waals surface area contributed by atoms with E-state index in [1.54, 1.807) is 12.3 Å². The monoisotopic (exact) mass is 543 g/mol. The lowest BCUT2D eigenvalue weighted by Gasteiger charge is -2.20. The van der Waals surface area contributed by atoms with Crippen LogP contribution in [0.2, 0.25) is 0 Å². The molecule has 1 fully saturated rings. The van der Waals surface area contributed by atoms with Gasteiger partial charge in [0, 0.05) is 29.4 Å². The summed E-state index contributed by atoms with van der Waals surface area (Å²) in [4.78, 5) is 6.71. The van der Waals surface area contributed by atoms with Crippen molar-refractivity contribution < 1.29 is 9.84 Å². The molecule has 7 nitrogen and oxygen atoms in total. The minimum Gasteiger partial charge on any atom is -0.492 e. The lowest BCUT2D eigenvalue weighted by Crippen LogP contribution is -2.29. The Hall–Kier alpha value is -3.70. The number of aromatic amines is 1. The van der Waals surface area contributed by atoms with Gasteiger partial charge in [-0.2, -0.15) is 5.10 Å². The van der Waals surface area contributed by atoms with E-state index in [1.807, 2.05) is 51.1 Å². The lowest BCUT2D eigenvalue weighted by molar-refractivity contribution is 0.186. The largest absolute Gasteiger partial charge is 0.492 e. The fourth-order valence-corrected chi connectivity index (χ4v) is 4.49. The molecule has 4 aromatic rings. The fraction of sp³-hybridized carbons (Fsp3) is 0.394. The number of nitrogens with one attached hydrogen (secondary N) is 1. The summed E-state index contributed by atoms with van der Waals surface area (Å²) in [6.07, 6.45) is 14.3. The van der Waals surface area contributed by atoms with Crippen molar-refractivity contribution in [2.24, 2.45) is 5.73 Å². The Labute approximate surface area is 239 Å². The molecular formula is C33H45N5O2. The second-order valence-corrected chi connectivity index (χ2v) is 9.38. The van der Waals surface area contributed by atoms with Crippen LogP contribution in [0.4, 0.5) is 0 Å². The van der Waals surface area contributed by atoms with E-state index in [0.29, 0.717) is 5.56 Å². The SMILES string of the molecule is C#C.CC.Cc1cc(-c2n[nH]c3ccc(C(N)O)cc23)ccn1.Cc1ccccc1OCCN1CCCCCC1. The van der Waals surface area contributed by atoms with Gasteiger partial charge in [-0.15, -0.1) is 12.8 Å². The first-order chi connectivity index (χ1) is 19.5. The molecular weight excluding hydrogens is 498 g/mol. The fourth-order valence-electron chi connectivity index (χ4n) is 4.49. The van der Waals surface area contributed by atoms with Gasteiger partial charge in [0.2, 0.25) is 0 Å². The molecule has 1 atom stereocenters. The van der Waals surface area contributed by atoms with E-state index >= 15 is 0 Å². The summed E-state index contributed by atoms with van der Waals surface area (Å²) in [6.45, 7) is 12.4. The highest BCUT2D eigenvalue weighted by Gasteiger charge is 2.11. The first-order valence-electron chi connectivity index (χ1n) is 14.1. The van der Waals surface area contributed by atoms with E-state index in [-0.39, 0.29) is 0 Å². The molecule has 0 spiro atoms. The van der Waals surface area contributed by atoms with Crippen LogP contribution < -0.4 is 10.5 Å². The second-order valence-electron chi connectivity index (χ2n) is 9.38. The number of aromatic nitrogens is 3. The zero-order valence-corrected chi connectivity index (χ0v) is 24.4. The third kappa shape index (κ3) is 9.80. The maximum Gasteiger partial charge on any atom is 0.128 e. The normalized spacial score (nSPS) is 13.8. The molecule has 5 rings (SSSR count). The number of nitrogens with zero attached hydrogens (tertiary/aromatic N) is 3. The van der Waals surface area contributed by atoms with Crippen molar-refractivity contribution in [3.8, 4) is 29.9 Å². The van der Waals surface area contributed by atoms with Crippen LogP contribution in [-0.4, -0.2) is 51.4 Å². The summed E-state index contributed by atoms with van der Waals surface area (Å²) in [5.41, 5.74) is 11.1. The third-order valence-corrected chi connectivity index (χ3v) is 6.56. The topological polar surface area (TPSA) is 100 Å². The number of nitrogens with two attached hydrogens (primary N) is 1. The van der Waals surface area contributed by atoms with Crippen molar-refractivity contribution >= 4 is 10.9 Å². The van der Waals surface area contributed by atoms with Crippen LogP contribution >= 0.6 is 0 Å². The number of H-pyrrole nitrogens is 1. The lowest BCUT2D eigenvalue weighted by atomic mass is 10.1. The quantitative estimate of drug-likeness (QED) is 0.192. The molecule has 0 aliphatic carbocycles. The first-order valence-corrected chi connectivity index (χ1v) is 14.1. The number of aryl methyl sites for hydroxylation is 2. The molecule has 214 valence electrons. The summed E-state index contributed by atoms with van der Waals surface area (Å²) in [7, 11) is 0. The molecule has 0 radical (unpaired) electrons. The zero-order chi connectivity index (χ0) is 29.3. The van der Waals surface area contributed by atoms with Crippen molar-refractivity contribution in [2.75, 3.05) is 26.2 Å². The second kappa shape index (κ2) is 17.8. The summed E-state index contributed by atoms with van der Waals surface area (Å²) in [6, 6.07) is 17.6. The maximum absolute atomic E-state index is 9.46. The minimum atomic E-state index is -0.980. The molecule has 0 amide bonds. The smallest absolute Gasteiger partial charge is 0.128 e. The van der Waals surface area contributed by atoms with Gasteiger partial charge in [0.25, 0.3) is 0 Å². The molecule has 1 saturated heterocycles. The molecule has 0 saturated carbocycles. The van der Waals surface area contributed by atoms with E-state index in [1.165, 1.54) is 44.3 Å². The van der Waals surface area contributed by atoms with Gasteiger partial charge in [-0.3, -0.25) is 15.0 Å². The van der Waals surface area contributed by atoms with Gasteiger partial charge < -0.3 is 15.6 Å². The Morgan fingerprint density at radius 2 is 1.70 bits per heavy atom. The molecule has 1 unspecified atom stereocenters. The molecule has 0 bridgehead atoms. The molecule has 4 N–H and O–H groups in total. The van der Waals surface area contributed by atoms with E-state index in [0.717, 1.165) is 46.8 Å². The van der Waals surface area contributed by atoms with Gasteiger partial charge in [0.1, 0.15) is 24.3 Å². The van der Waals surface area contributed by atoms with Gasteiger partial charge in [-0.1, -0.05) is 51.0 Å². The Morgan fingerprint density at radius 3 is 2.35 bits per heavy atom. The van der Waals surface area contributed by atoms with Gasteiger partial charge in [-0.25, -0.2) is 0 Å². The number of pyridine rings is 1. The average molecular weight is 544 g/mol. The number of hydrogen-bond acceptors (Lipinski definition) is 6. The zero-order valence-electron chi connectivity index (χ0n) is 24.4. The Morgan fingerprint density at radius 1 is 1.00 bits per heavy atom. The van der Waals surface area contributed by atoms with Crippen LogP contribution in [0, 0.1) is 26.7 Å². The highest BCUT2D eigenvalue weighted by molar-refractivity contribution is 5.93. The summed E-state index contributed by atoms with van der Waals surface area (Å²) >= 11 is 0. The Kier molecular flexibility index (Phi) is 14.5. The van der Waals surface area contributed by atoms with Crippen LogP contribution in [0.15, 0.2) is 60.8 Å². The summed E-state index contributed by atoms with van der Waals surface area (Å²) in [5, 5.41) is 17.7. The maximum atomic E-state index is 9.46. The van der Waals surface area contributed by atoms with Gasteiger partial charge in [-0.05, 0) is 81.2 Å². The Bertz CT molecular complexity index is 1290. The molecule has 2 aromatic heterocycles. The van der Waals surface area contributed by atoms with E-state index in [2.05, 4.69) is 58.1 Å². The average Bonchev–Trinajstić information content (AvgIpc) is 3.24. The van der Waals surface area contributed by atoms with Crippen LogP contribution in [0.3, 0.4) is 0 Å². The standard InChI is InChI=1S/C15H23NO.C14H14N4O.C2H6.C2H2/c1-14-8-4-5-9-15(14)17-13-12-16-10-6-2-3-7-11-16;1-8-6-9(4-5-16-8)13-11-7-10(14(15)19)2-3-12(11)17-18-13;2*1-2/h4-5,8-9H,2-3,6-7,10-13H2,1H3;2-7,14,19H,15H2,1H3,(H,17,18);1-2H3;1-2H. The summed E-state index contributed by atoms with van der Waals surface area (Å²) in [5.74, 6) is 1.03. The number of hydrogen-bond donors (Lipinski definition) is 3. The van der Waals surface area contributed by atoms with Crippen molar-refractivity contribution in [3.63, 3.8) is 0 Å². The first kappa shape index (κ1) is 32.5. The molecule has 2 aromatic carbocycles. The van der Waals surface area contributed by atoms with Gasteiger partial charge in [0.15, 0.2) is 0 Å². The predicted molar refractivity (Wildman–Crippen MR) is 166 cm³/mol. The van der Waals surface area contributed by atoms with Crippen LogP contribution in [-0.2, 0) is 0 Å². The predicted octanol–water partition coefficient (Wildman–Crippen LogP) is 6.41. The molecule has 40 heavy (non-hydrogen) atoms. The third-order valence-electron chi connectivity index (χ3n) is 6.56. The number of fused-ring (bicyclic) bond motifs is 1. The number of para-hydroxylation sites is 1. The number of terminal acetylenes is 1. The molecule has 3 heterocycles. The van der Waals surface area contributed by atoms with Gasteiger partial charge in [0.05, 0.1) is 5.52 Å². The van der Waals surface area contributed by atoms with Crippen molar-refractivity contribution in [2.45, 2.75) is 59.6 Å². The van der Waals surface area contributed by atoms with Crippen molar-refractivity contribution in [1.82, 2.24) is 20.1 Å². The highest BCUT2D eigenvalue weighted by Crippen LogP contribution is 2.28. The van der Waals surface area contributed by atoms with E-state index in [4.69, 9.17) is 10.5 Å². The number of benzene rings is 2. The summed E-state index contributed by atoms with van der Waals surface area (Å²) < 4.78 is 5.84. The number of rotatable bonds is 6. The van der Waals surface area contributed by atoms with Gasteiger partial charge >= 0.3 is 0 Å². The number of aliphatic hydroxyl groups excluding tert-OH is 1.